The van der Waals surface area contributed by atoms with Crippen LogP contribution in [-0.2, 0) is 12.8 Å². The Morgan fingerprint density at radius 1 is 1.52 bits per heavy atom. The standard InChI is InChI=1S/C17H22N4O2/c1-12-5-6-15-14(10-12)16(21-20-15)17(22)19-8-3-9-23-13-4-2-7-18-11-13/h2,4,7,11-12H,3,5-6,8-10H2,1H3,(H,19,22)(H,20,21)/t12-/m1/s1. The zero-order chi connectivity index (χ0) is 16.1. The minimum atomic E-state index is -0.0991. The first-order valence-corrected chi connectivity index (χ1v) is 8.11. The van der Waals surface area contributed by atoms with Gasteiger partial charge in [0, 0.05) is 24.0 Å². The molecule has 0 aromatic carbocycles. The predicted molar refractivity (Wildman–Crippen MR) is 86.5 cm³/mol. The summed E-state index contributed by atoms with van der Waals surface area (Å²) in [6.45, 7) is 3.32. The Morgan fingerprint density at radius 2 is 2.43 bits per heavy atom. The van der Waals surface area contributed by atoms with E-state index in [-0.39, 0.29) is 5.91 Å². The molecule has 0 spiro atoms. The number of nitrogens with one attached hydrogen (secondary N) is 2. The molecule has 0 fully saturated rings. The lowest BCUT2D eigenvalue weighted by molar-refractivity contribution is 0.0945. The lowest BCUT2D eigenvalue weighted by Gasteiger charge is -2.17. The normalized spacial score (nSPS) is 16.7. The van der Waals surface area contributed by atoms with Crippen LogP contribution in [0.25, 0.3) is 0 Å². The smallest absolute Gasteiger partial charge is 0.272 e. The second kappa shape index (κ2) is 7.26. The molecule has 23 heavy (non-hydrogen) atoms. The van der Waals surface area contributed by atoms with Gasteiger partial charge in [-0.25, -0.2) is 0 Å². The number of aromatic nitrogens is 3. The van der Waals surface area contributed by atoms with Gasteiger partial charge < -0.3 is 10.1 Å². The van der Waals surface area contributed by atoms with Crippen molar-refractivity contribution >= 4 is 5.91 Å². The highest BCUT2D eigenvalue weighted by atomic mass is 16.5. The molecule has 1 amide bonds. The Kier molecular flexibility index (Phi) is 4.90. The number of carbonyl (C=O) groups is 1. The van der Waals surface area contributed by atoms with Crippen molar-refractivity contribution in [3.63, 3.8) is 0 Å². The molecule has 0 aliphatic heterocycles. The molecule has 6 heteroatoms. The molecule has 0 bridgehead atoms. The van der Waals surface area contributed by atoms with Crippen LogP contribution in [0.4, 0.5) is 0 Å². The van der Waals surface area contributed by atoms with Crippen LogP contribution in [0.1, 0.15) is 41.5 Å². The van der Waals surface area contributed by atoms with Crippen molar-refractivity contribution in [2.45, 2.75) is 32.6 Å². The summed E-state index contributed by atoms with van der Waals surface area (Å²) >= 11 is 0. The maximum Gasteiger partial charge on any atom is 0.272 e. The Hall–Kier alpha value is -2.37. The summed E-state index contributed by atoms with van der Waals surface area (Å²) in [7, 11) is 0. The van der Waals surface area contributed by atoms with E-state index in [0.29, 0.717) is 24.8 Å². The number of fused-ring (bicyclic) bond motifs is 1. The van der Waals surface area contributed by atoms with E-state index in [2.05, 4.69) is 27.4 Å². The highest BCUT2D eigenvalue weighted by Crippen LogP contribution is 2.25. The van der Waals surface area contributed by atoms with E-state index >= 15 is 0 Å². The van der Waals surface area contributed by atoms with Crippen molar-refractivity contribution in [2.75, 3.05) is 13.2 Å². The molecule has 2 heterocycles. The third kappa shape index (κ3) is 3.88. The molecule has 122 valence electrons. The number of carbonyl (C=O) groups excluding carboxylic acids is 1. The van der Waals surface area contributed by atoms with Crippen molar-refractivity contribution in [1.82, 2.24) is 20.5 Å². The Labute approximate surface area is 135 Å². The van der Waals surface area contributed by atoms with Gasteiger partial charge in [-0.15, -0.1) is 0 Å². The quantitative estimate of drug-likeness (QED) is 0.801. The fourth-order valence-corrected chi connectivity index (χ4v) is 2.84. The van der Waals surface area contributed by atoms with E-state index in [1.165, 1.54) is 0 Å². The van der Waals surface area contributed by atoms with Gasteiger partial charge in [0.1, 0.15) is 5.75 Å². The van der Waals surface area contributed by atoms with Crippen LogP contribution in [0.5, 0.6) is 5.75 Å². The van der Waals surface area contributed by atoms with E-state index in [1.807, 2.05) is 12.1 Å². The fourth-order valence-electron chi connectivity index (χ4n) is 2.84. The molecular formula is C17H22N4O2. The van der Waals surface area contributed by atoms with E-state index in [0.717, 1.165) is 42.7 Å². The summed E-state index contributed by atoms with van der Waals surface area (Å²) < 4.78 is 5.55. The van der Waals surface area contributed by atoms with Crippen LogP contribution in [0.15, 0.2) is 24.5 Å². The summed E-state index contributed by atoms with van der Waals surface area (Å²) in [6, 6.07) is 3.70. The highest BCUT2D eigenvalue weighted by molar-refractivity contribution is 5.94. The molecular weight excluding hydrogens is 292 g/mol. The number of rotatable bonds is 6. The summed E-state index contributed by atoms with van der Waals surface area (Å²) in [5.41, 5.74) is 2.76. The molecule has 2 aromatic heterocycles. The Morgan fingerprint density at radius 3 is 3.26 bits per heavy atom. The lowest BCUT2D eigenvalue weighted by Crippen LogP contribution is -2.27. The average molecular weight is 314 g/mol. The van der Waals surface area contributed by atoms with Crippen LogP contribution in [-0.4, -0.2) is 34.2 Å². The van der Waals surface area contributed by atoms with Crippen molar-refractivity contribution in [2.24, 2.45) is 5.92 Å². The second-order valence-electron chi connectivity index (χ2n) is 6.02. The van der Waals surface area contributed by atoms with Gasteiger partial charge in [0.2, 0.25) is 0 Å². The van der Waals surface area contributed by atoms with Crippen LogP contribution in [0, 0.1) is 5.92 Å². The third-order valence-corrected chi connectivity index (χ3v) is 4.12. The molecule has 0 unspecified atom stereocenters. The monoisotopic (exact) mass is 314 g/mol. The minimum absolute atomic E-state index is 0.0991. The van der Waals surface area contributed by atoms with Gasteiger partial charge in [-0.1, -0.05) is 6.92 Å². The number of aryl methyl sites for hydroxylation is 1. The molecule has 0 saturated heterocycles. The summed E-state index contributed by atoms with van der Waals surface area (Å²) in [6.07, 6.45) is 7.19. The number of pyridine rings is 1. The molecule has 0 radical (unpaired) electrons. The summed E-state index contributed by atoms with van der Waals surface area (Å²) in [5, 5.41) is 10.1. The lowest BCUT2D eigenvalue weighted by atomic mass is 9.87. The van der Waals surface area contributed by atoms with Gasteiger partial charge >= 0.3 is 0 Å². The van der Waals surface area contributed by atoms with Gasteiger partial charge in [0.05, 0.1) is 12.8 Å². The fraction of sp³-hybridized carbons (Fsp3) is 0.471. The number of aromatic amines is 1. The first-order chi connectivity index (χ1) is 11.2. The van der Waals surface area contributed by atoms with Crippen LogP contribution in [0.3, 0.4) is 0 Å². The molecule has 2 aromatic rings. The first kappa shape index (κ1) is 15.5. The molecule has 3 rings (SSSR count). The molecule has 0 saturated carbocycles. The zero-order valence-corrected chi connectivity index (χ0v) is 13.3. The van der Waals surface area contributed by atoms with Gasteiger partial charge in [0.15, 0.2) is 5.69 Å². The number of hydrogen-bond donors (Lipinski definition) is 2. The first-order valence-electron chi connectivity index (χ1n) is 8.11. The molecule has 1 aliphatic rings. The van der Waals surface area contributed by atoms with Crippen molar-refractivity contribution in [1.29, 1.82) is 0 Å². The highest BCUT2D eigenvalue weighted by Gasteiger charge is 2.24. The molecule has 2 N–H and O–H groups in total. The Balaban J connectivity index is 1.44. The van der Waals surface area contributed by atoms with Crippen LogP contribution < -0.4 is 10.1 Å². The number of ether oxygens (including phenoxy) is 1. The van der Waals surface area contributed by atoms with Crippen LogP contribution >= 0.6 is 0 Å². The van der Waals surface area contributed by atoms with Crippen molar-refractivity contribution < 1.29 is 9.53 Å². The number of nitrogens with zero attached hydrogens (tertiary/aromatic N) is 2. The van der Waals surface area contributed by atoms with E-state index < -0.39 is 0 Å². The Bertz CT molecular complexity index is 654. The van der Waals surface area contributed by atoms with Crippen molar-refractivity contribution in [3.05, 3.63) is 41.5 Å². The maximum atomic E-state index is 12.3. The number of amides is 1. The summed E-state index contributed by atoms with van der Waals surface area (Å²) in [5.74, 6) is 1.26. The third-order valence-electron chi connectivity index (χ3n) is 4.12. The zero-order valence-electron chi connectivity index (χ0n) is 13.3. The predicted octanol–water partition coefficient (Wildman–Crippen LogP) is 2.13. The van der Waals surface area contributed by atoms with Crippen molar-refractivity contribution in [3.8, 4) is 5.75 Å². The maximum absolute atomic E-state index is 12.3. The van der Waals surface area contributed by atoms with Gasteiger partial charge in [-0.05, 0) is 43.7 Å². The topological polar surface area (TPSA) is 79.9 Å². The van der Waals surface area contributed by atoms with Gasteiger partial charge in [0.25, 0.3) is 5.91 Å². The molecule has 1 aliphatic carbocycles. The van der Waals surface area contributed by atoms with Crippen LogP contribution in [0.2, 0.25) is 0 Å². The van der Waals surface area contributed by atoms with Gasteiger partial charge in [-0.3, -0.25) is 14.9 Å². The number of H-pyrrole nitrogens is 1. The van der Waals surface area contributed by atoms with E-state index in [9.17, 15) is 4.79 Å². The van der Waals surface area contributed by atoms with Gasteiger partial charge in [-0.2, -0.15) is 5.10 Å². The van der Waals surface area contributed by atoms with E-state index in [4.69, 9.17) is 4.74 Å². The second-order valence-corrected chi connectivity index (χ2v) is 6.02. The van der Waals surface area contributed by atoms with E-state index in [1.54, 1.807) is 12.4 Å². The molecule has 1 atom stereocenters. The molecule has 6 nitrogen and oxygen atoms in total. The summed E-state index contributed by atoms with van der Waals surface area (Å²) in [4.78, 5) is 16.3. The largest absolute Gasteiger partial charge is 0.492 e. The average Bonchev–Trinajstić information content (AvgIpc) is 2.98. The minimum Gasteiger partial charge on any atom is -0.492 e. The number of hydrogen-bond acceptors (Lipinski definition) is 4. The SMILES string of the molecule is C[C@@H]1CCc2[nH]nc(C(=O)NCCCOc3cccnc3)c2C1.